The molecule has 0 N–H and O–H groups in total. The van der Waals surface area contributed by atoms with E-state index in [-0.39, 0.29) is 23.9 Å². The number of allylic oxidation sites excluding steroid dienone is 1. The van der Waals surface area contributed by atoms with Crippen LogP contribution < -0.4 is 0 Å². The van der Waals surface area contributed by atoms with Crippen LogP contribution in [-0.2, 0) is 10.3 Å². The molecule has 37 heavy (non-hydrogen) atoms. The average Bonchev–Trinajstić information content (AvgIpc) is 3.32. The molecule has 0 unspecified atom stereocenters. The van der Waals surface area contributed by atoms with Crippen molar-refractivity contribution < 1.29 is 4.79 Å². The lowest BCUT2D eigenvalue weighted by Crippen LogP contribution is -2.42. The first-order valence-electron chi connectivity index (χ1n) is 12.7. The third-order valence-electron chi connectivity index (χ3n) is 7.04. The van der Waals surface area contributed by atoms with Gasteiger partial charge in [0.2, 0.25) is 0 Å². The van der Waals surface area contributed by atoms with Crippen molar-refractivity contribution in [2.24, 2.45) is 10.9 Å². The Morgan fingerprint density at radius 1 is 1.00 bits per heavy atom. The van der Waals surface area contributed by atoms with Gasteiger partial charge in [-0.1, -0.05) is 61.3 Å². The van der Waals surface area contributed by atoms with Crippen molar-refractivity contribution in [3.05, 3.63) is 80.3 Å². The monoisotopic (exact) mass is 558 g/mol. The average molecular weight is 560 g/mol. The zero-order chi connectivity index (χ0) is 27.1. The Labute approximate surface area is 235 Å². The lowest BCUT2D eigenvalue weighted by atomic mass is 9.81. The summed E-state index contributed by atoms with van der Waals surface area (Å²) in [5.74, 6) is 0.204. The second kappa shape index (κ2) is 11.0. The van der Waals surface area contributed by atoms with Gasteiger partial charge in [-0.05, 0) is 87.9 Å². The van der Waals surface area contributed by atoms with Gasteiger partial charge in [-0.25, -0.2) is 4.99 Å². The second-order valence-corrected chi connectivity index (χ2v) is 12.6. The topological polar surface area (TPSA) is 39.2 Å². The molecule has 2 atom stereocenters. The van der Waals surface area contributed by atoms with E-state index in [0.29, 0.717) is 16.6 Å². The molecule has 4 rings (SSSR count). The number of rotatable bonds is 8. The zero-order valence-corrected chi connectivity index (χ0v) is 25.0. The summed E-state index contributed by atoms with van der Waals surface area (Å²) in [4.78, 5) is 26.5. The van der Waals surface area contributed by atoms with Gasteiger partial charge in [-0.2, -0.15) is 0 Å². The van der Waals surface area contributed by atoms with Crippen molar-refractivity contribution in [3.8, 4) is 0 Å². The molecule has 198 valence electrons. The van der Waals surface area contributed by atoms with Crippen LogP contribution in [0.4, 0.5) is 0 Å². The smallest absolute Gasteiger partial charge is 0.262 e. The molecule has 2 aromatic carbocycles. The molecular weight excluding hydrogens is 523 g/mol. The molecule has 0 aliphatic carbocycles. The molecule has 0 saturated heterocycles. The van der Waals surface area contributed by atoms with Gasteiger partial charge in [0.15, 0.2) is 5.17 Å². The first-order chi connectivity index (χ1) is 17.4. The van der Waals surface area contributed by atoms with Gasteiger partial charge < -0.3 is 14.7 Å². The number of nitrogens with zero attached hydrogens (tertiary/aromatic N) is 4. The fourth-order valence-corrected chi connectivity index (χ4v) is 6.71. The number of hydrogen-bond acceptors (Lipinski definition) is 5. The quantitative estimate of drug-likeness (QED) is 0.348. The molecule has 2 heterocycles. The Morgan fingerprint density at radius 3 is 2.08 bits per heavy atom. The van der Waals surface area contributed by atoms with Crippen molar-refractivity contribution in [2.75, 3.05) is 27.2 Å². The van der Waals surface area contributed by atoms with Crippen LogP contribution in [0.2, 0.25) is 10.0 Å². The number of fused-ring (bicyclic) bond motifs is 1. The van der Waals surface area contributed by atoms with Crippen molar-refractivity contribution in [3.63, 3.8) is 0 Å². The number of benzene rings is 2. The number of carbonyl (C=O) groups excluding carboxylic acids is 1. The maximum atomic E-state index is 14.0. The molecule has 0 aromatic heterocycles. The maximum absolute atomic E-state index is 14.0. The molecule has 8 heteroatoms. The van der Waals surface area contributed by atoms with E-state index in [1.165, 1.54) is 11.8 Å². The third-order valence-corrected chi connectivity index (χ3v) is 8.60. The Morgan fingerprint density at radius 2 is 1.57 bits per heavy atom. The molecule has 0 saturated carbocycles. The lowest BCUT2D eigenvalue weighted by molar-refractivity contribution is -0.128. The van der Waals surface area contributed by atoms with Crippen LogP contribution in [0, 0.1) is 5.92 Å². The number of amides is 1. The SMILES string of the molecule is CC(C)C1=C(C(=O)N(CCN(C)C)C(C)C)SC2=N[C@@](C)(c3ccc(Cl)cc3)[C@@H](c3ccc(Cl)cc3)N21. The van der Waals surface area contributed by atoms with Gasteiger partial charge in [0.05, 0.1) is 6.04 Å². The van der Waals surface area contributed by atoms with Crippen LogP contribution >= 0.6 is 35.0 Å². The standard InChI is InChI=1S/C29H36Cl2N4OS/c1-18(2)24-25(27(36)34(19(3)4)17-16-33(6)7)37-28-32-29(5,21-10-14-23(31)15-11-21)26(35(24)28)20-8-12-22(30)13-9-20/h8-15,18-19,26H,16-17H2,1-7H3/t26-,29+/m1/s1. The minimum Gasteiger partial charge on any atom is -0.334 e. The van der Waals surface area contributed by atoms with Crippen LogP contribution in [0.1, 0.15) is 51.8 Å². The van der Waals surface area contributed by atoms with Gasteiger partial charge in [0, 0.05) is 34.9 Å². The van der Waals surface area contributed by atoms with Crippen LogP contribution in [-0.4, -0.2) is 59.0 Å². The zero-order valence-electron chi connectivity index (χ0n) is 22.6. The first-order valence-corrected chi connectivity index (χ1v) is 14.3. The van der Waals surface area contributed by atoms with E-state index in [1.807, 2.05) is 43.3 Å². The minimum atomic E-state index is -0.571. The van der Waals surface area contributed by atoms with Crippen LogP contribution in [0.5, 0.6) is 0 Å². The number of hydrogen-bond donors (Lipinski definition) is 0. The molecule has 0 radical (unpaired) electrons. The van der Waals surface area contributed by atoms with Gasteiger partial charge in [-0.15, -0.1) is 0 Å². The number of thioether (sulfide) groups is 1. The van der Waals surface area contributed by atoms with Crippen molar-refractivity contribution in [1.29, 1.82) is 0 Å². The van der Waals surface area contributed by atoms with Crippen molar-refractivity contribution in [2.45, 2.75) is 52.2 Å². The highest BCUT2D eigenvalue weighted by Gasteiger charge is 2.53. The van der Waals surface area contributed by atoms with E-state index in [2.05, 4.69) is 68.7 Å². The molecule has 1 amide bonds. The predicted molar refractivity (Wildman–Crippen MR) is 157 cm³/mol. The van der Waals surface area contributed by atoms with Crippen LogP contribution in [0.3, 0.4) is 0 Å². The molecule has 0 fully saturated rings. The summed E-state index contributed by atoms with van der Waals surface area (Å²) in [6, 6.07) is 15.9. The first kappa shape index (κ1) is 28.0. The Balaban J connectivity index is 1.83. The summed E-state index contributed by atoms with van der Waals surface area (Å²) in [5.41, 5.74) is 2.63. The molecule has 2 aromatic rings. The summed E-state index contributed by atoms with van der Waals surface area (Å²) in [7, 11) is 4.07. The van der Waals surface area contributed by atoms with Gasteiger partial charge in [-0.3, -0.25) is 4.79 Å². The number of likely N-dealkylation sites (N-methyl/N-ethyl adjacent to an activating group) is 1. The van der Waals surface area contributed by atoms with E-state index in [1.54, 1.807) is 0 Å². The highest BCUT2D eigenvalue weighted by Crippen LogP contribution is 2.56. The van der Waals surface area contributed by atoms with E-state index in [0.717, 1.165) is 33.4 Å². The highest BCUT2D eigenvalue weighted by atomic mass is 35.5. The van der Waals surface area contributed by atoms with E-state index in [9.17, 15) is 4.79 Å². The summed E-state index contributed by atoms with van der Waals surface area (Å²) in [6.07, 6.45) is 0. The van der Waals surface area contributed by atoms with E-state index < -0.39 is 5.54 Å². The van der Waals surface area contributed by atoms with Crippen molar-refractivity contribution >= 4 is 46.0 Å². The number of aliphatic imine (C=N–C) groups is 1. The van der Waals surface area contributed by atoms with Gasteiger partial charge in [0.25, 0.3) is 5.91 Å². The van der Waals surface area contributed by atoms with E-state index >= 15 is 0 Å². The van der Waals surface area contributed by atoms with Gasteiger partial charge >= 0.3 is 0 Å². The number of amidine groups is 1. The molecular formula is C29H36Cl2N4OS. The molecule has 2 aliphatic heterocycles. The second-order valence-electron chi connectivity index (χ2n) is 10.7. The molecule has 2 aliphatic rings. The van der Waals surface area contributed by atoms with Crippen LogP contribution in [0.15, 0.2) is 64.1 Å². The lowest BCUT2D eigenvalue weighted by Gasteiger charge is -2.37. The molecule has 0 spiro atoms. The van der Waals surface area contributed by atoms with Gasteiger partial charge in [0.1, 0.15) is 10.4 Å². The fourth-order valence-electron chi connectivity index (χ4n) is 5.10. The largest absolute Gasteiger partial charge is 0.334 e. The highest BCUT2D eigenvalue weighted by molar-refractivity contribution is 8.18. The predicted octanol–water partition coefficient (Wildman–Crippen LogP) is 7.03. The Bertz CT molecular complexity index is 1210. The van der Waals surface area contributed by atoms with Crippen molar-refractivity contribution in [1.82, 2.24) is 14.7 Å². The normalized spacial score (nSPS) is 21.4. The third kappa shape index (κ3) is 5.44. The Kier molecular flexibility index (Phi) is 8.34. The maximum Gasteiger partial charge on any atom is 0.262 e. The minimum absolute atomic E-state index is 0.0747. The number of carbonyl (C=O) groups is 1. The summed E-state index contributed by atoms with van der Waals surface area (Å²) in [5, 5.41) is 2.25. The van der Waals surface area contributed by atoms with Crippen LogP contribution in [0.25, 0.3) is 0 Å². The molecule has 0 bridgehead atoms. The molecule has 5 nitrogen and oxygen atoms in total. The summed E-state index contributed by atoms with van der Waals surface area (Å²) >= 11 is 14.0. The summed E-state index contributed by atoms with van der Waals surface area (Å²) in [6.45, 7) is 12.1. The summed E-state index contributed by atoms with van der Waals surface area (Å²) < 4.78 is 0. The fraction of sp³-hybridized carbons (Fsp3) is 0.448. The Hall–Kier alpha value is -1.99. The van der Waals surface area contributed by atoms with E-state index in [4.69, 9.17) is 28.2 Å². The number of halogens is 2.